The van der Waals surface area contributed by atoms with Crippen molar-refractivity contribution in [3.05, 3.63) is 82.3 Å². The second-order valence-electron chi connectivity index (χ2n) is 6.11. The average molecular weight is 347 g/mol. The number of aromatic nitrogens is 2. The Bertz CT molecular complexity index is 961. The highest BCUT2D eigenvalue weighted by molar-refractivity contribution is 5.90. The van der Waals surface area contributed by atoms with Crippen LogP contribution < -0.4 is 10.9 Å². The molecule has 0 aliphatic rings. The zero-order valence-corrected chi connectivity index (χ0v) is 14.9. The molecule has 0 bridgehead atoms. The minimum Gasteiger partial charge on any atom is -0.325 e. The van der Waals surface area contributed by atoms with Gasteiger partial charge in [-0.2, -0.15) is 0 Å². The van der Waals surface area contributed by atoms with Crippen molar-refractivity contribution >= 4 is 11.6 Å². The SMILES string of the molecule is CCc1ccc(NC(=O)Cn2c(-c3ccccc3)nc(C)cc2=O)cc1. The van der Waals surface area contributed by atoms with Crippen LogP contribution in [0.25, 0.3) is 11.4 Å². The summed E-state index contributed by atoms with van der Waals surface area (Å²) in [5.74, 6) is 0.228. The van der Waals surface area contributed by atoms with E-state index >= 15 is 0 Å². The van der Waals surface area contributed by atoms with Crippen LogP contribution in [0.5, 0.6) is 0 Å². The lowest BCUT2D eigenvalue weighted by molar-refractivity contribution is -0.116. The molecule has 0 saturated heterocycles. The largest absolute Gasteiger partial charge is 0.325 e. The average Bonchev–Trinajstić information content (AvgIpc) is 2.65. The van der Waals surface area contributed by atoms with Gasteiger partial charge in [-0.05, 0) is 31.0 Å². The van der Waals surface area contributed by atoms with E-state index in [1.165, 1.54) is 16.2 Å². The van der Waals surface area contributed by atoms with E-state index in [0.29, 0.717) is 17.2 Å². The molecule has 1 aromatic heterocycles. The summed E-state index contributed by atoms with van der Waals surface area (Å²) in [6, 6.07) is 18.5. The molecule has 3 aromatic rings. The first-order valence-electron chi connectivity index (χ1n) is 8.59. The third kappa shape index (κ3) is 4.06. The highest BCUT2D eigenvalue weighted by Gasteiger charge is 2.13. The third-order valence-corrected chi connectivity index (χ3v) is 4.12. The molecule has 1 heterocycles. The van der Waals surface area contributed by atoms with Gasteiger partial charge < -0.3 is 5.32 Å². The number of anilines is 1. The number of nitrogens with zero attached hydrogens (tertiary/aromatic N) is 2. The second-order valence-corrected chi connectivity index (χ2v) is 6.11. The molecular formula is C21H21N3O2. The van der Waals surface area contributed by atoms with Crippen LogP contribution in [0.4, 0.5) is 5.69 Å². The van der Waals surface area contributed by atoms with Crippen molar-refractivity contribution in [2.75, 3.05) is 5.32 Å². The molecule has 0 radical (unpaired) electrons. The van der Waals surface area contributed by atoms with Gasteiger partial charge in [-0.3, -0.25) is 14.2 Å². The number of hydrogen-bond donors (Lipinski definition) is 1. The Kier molecular flexibility index (Phi) is 5.27. The summed E-state index contributed by atoms with van der Waals surface area (Å²) in [7, 11) is 0. The first-order chi connectivity index (χ1) is 12.6. The van der Waals surface area contributed by atoms with Gasteiger partial charge in [-0.1, -0.05) is 49.4 Å². The lowest BCUT2D eigenvalue weighted by atomic mass is 10.1. The molecule has 0 saturated carbocycles. The Morgan fingerprint density at radius 1 is 1.08 bits per heavy atom. The minimum atomic E-state index is -0.265. The maximum absolute atomic E-state index is 12.5. The van der Waals surface area contributed by atoms with Crippen molar-refractivity contribution < 1.29 is 4.79 Å². The van der Waals surface area contributed by atoms with Gasteiger partial charge in [0.1, 0.15) is 12.4 Å². The molecule has 1 N–H and O–H groups in total. The van der Waals surface area contributed by atoms with Crippen LogP contribution in [-0.4, -0.2) is 15.5 Å². The van der Waals surface area contributed by atoms with Gasteiger partial charge in [0.05, 0.1) is 0 Å². The van der Waals surface area contributed by atoms with E-state index in [9.17, 15) is 9.59 Å². The summed E-state index contributed by atoms with van der Waals surface area (Å²) in [6.45, 7) is 3.76. The van der Waals surface area contributed by atoms with Crippen LogP contribution in [0.1, 0.15) is 18.2 Å². The minimum absolute atomic E-state index is 0.0914. The Morgan fingerprint density at radius 2 is 1.77 bits per heavy atom. The normalized spacial score (nSPS) is 10.5. The van der Waals surface area contributed by atoms with Crippen LogP contribution >= 0.6 is 0 Å². The van der Waals surface area contributed by atoms with Gasteiger partial charge >= 0.3 is 0 Å². The van der Waals surface area contributed by atoms with Crippen LogP contribution in [0.3, 0.4) is 0 Å². The summed E-state index contributed by atoms with van der Waals surface area (Å²) in [6.07, 6.45) is 0.944. The molecule has 0 unspecified atom stereocenters. The fourth-order valence-corrected chi connectivity index (χ4v) is 2.75. The molecule has 0 aliphatic carbocycles. The molecule has 1 amide bonds. The van der Waals surface area contributed by atoms with E-state index in [1.807, 2.05) is 54.6 Å². The summed E-state index contributed by atoms with van der Waals surface area (Å²) >= 11 is 0. The zero-order valence-electron chi connectivity index (χ0n) is 14.9. The fraction of sp³-hybridized carbons (Fsp3) is 0.190. The summed E-state index contributed by atoms with van der Waals surface area (Å²) < 4.78 is 1.40. The first kappa shape index (κ1) is 17.6. The van der Waals surface area contributed by atoms with Crippen LogP contribution in [-0.2, 0) is 17.8 Å². The van der Waals surface area contributed by atoms with E-state index in [-0.39, 0.29) is 18.0 Å². The molecule has 132 valence electrons. The molecule has 0 atom stereocenters. The van der Waals surface area contributed by atoms with Crippen molar-refractivity contribution in [2.24, 2.45) is 0 Å². The molecule has 0 aliphatic heterocycles. The van der Waals surface area contributed by atoms with Gasteiger partial charge in [0.25, 0.3) is 5.56 Å². The molecule has 26 heavy (non-hydrogen) atoms. The fourth-order valence-electron chi connectivity index (χ4n) is 2.75. The molecular weight excluding hydrogens is 326 g/mol. The van der Waals surface area contributed by atoms with Crippen LogP contribution in [0, 0.1) is 6.92 Å². The topological polar surface area (TPSA) is 64.0 Å². The number of aryl methyl sites for hydroxylation is 2. The Balaban J connectivity index is 1.86. The van der Waals surface area contributed by atoms with E-state index in [2.05, 4.69) is 17.2 Å². The number of benzene rings is 2. The molecule has 2 aromatic carbocycles. The van der Waals surface area contributed by atoms with Crippen molar-refractivity contribution in [1.82, 2.24) is 9.55 Å². The lowest BCUT2D eigenvalue weighted by Gasteiger charge is -2.13. The van der Waals surface area contributed by atoms with Gasteiger partial charge in [-0.15, -0.1) is 0 Å². The van der Waals surface area contributed by atoms with Gasteiger partial charge in [0, 0.05) is 23.0 Å². The Morgan fingerprint density at radius 3 is 2.42 bits per heavy atom. The standard InChI is InChI=1S/C21H21N3O2/c1-3-16-9-11-18(12-10-16)23-19(25)14-24-20(26)13-15(2)22-21(24)17-7-5-4-6-8-17/h4-13H,3,14H2,1-2H3,(H,23,25). The first-order valence-corrected chi connectivity index (χ1v) is 8.59. The number of carbonyl (C=O) groups is 1. The second kappa shape index (κ2) is 7.78. The van der Waals surface area contributed by atoms with E-state index in [1.54, 1.807) is 6.92 Å². The van der Waals surface area contributed by atoms with E-state index in [4.69, 9.17) is 0 Å². The predicted molar refractivity (Wildman–Crippen MR) is 103 cm³/mol. The summed E-state index contributed by atoms with van der Waals surface area (Å²) in [4.78, 5) is 29.4. The monoisotopic (exact) mass is 347 g/mol. The number of amides is 1. The lowest BCUT2D eigenvalue weighted by Crippen LogP contribution is -2.29. The van der Waals surface area contributed by atoms with Crippen LogP contribution in [0.15, 0.2) is 65.5 Å². The number of rotatable bonds is 5. The number of nitrogens with one attached hydrogen (secondary N) is 1. The van der Waals surface area contributed by atoms with E-state index in [0.717, 1.165) is 12.0 Å². The third-order valence-electron chi connectivity index (χ3n) is 4.12. The molecule has 3 rings (SSSR count). The van der Waals surface area contributed by atoms with Crippen LogP contribution in [0.2, 0.25) is 0 Å². The summed E-state index contributed by atoms with van der Waals surface area (Å²) in [5, 5.41) is 2.84. The molecule has 5 heteroatoms. The molecule has 0 spiro atoms. The highest BCUT2D eigenvalue weighted by atomic mass is 16.2. The number of carbonyl (C=O) groups excluding carboxylic acids is 1. The van der Waals surface area contributed by atoms with Crippen molar-refractivity contribution in [3.8, 4) is 11.4 Å². The Labute approximate surface area is 152 Å². The summed E-state index contributed by atoms with van der Waals surface area (Å²) in [5.41, 5.74) is 3.09. The quantitative estimate of drug-likeness (QED) is 0.769. The molecule has 5 nitrogen and oxygen atoms in total. The maximum atomic E-state index is 12.5. The van der Waals surface area contributed by atoms with Gasteiger partial charge in [0.2, 0.25) is 5.91 Å². The van der Waals surface area contributed by atoms with Gasteiger partial charge in [0.15, 0.2) is 0 Å². The van der Waals surface area contributed by atoms with Crippen molar-refractivity contribution in [2.45, 2.75) is 26.8 Å². The van der Waals surface area contributed by atoms with Crippen molar-refractivity contribution in [1.29, 1.82) is 0 Å². The number of hydrogen-bond acceptors (Lipinski definition) is 3. The predicted octanol–water partition coefficient (Wildman–Crippen LogP) is 3.42. The van der Waals surface area contributed by atoms with E-state index < -0.39 is 0 Å². The molecule has 0 fully saturated rings. The smallest absolute Gasteiger partial charge is 0.254 e. The Hall–Kier alpha value is -3.21. The van der Waals surface area contributed by atoms with Crippen molar-refractivity contribution in [3.63, 3.8) is 0 Å². The maximum Gasteiger partial charge on any atom is 0.254 e. The zero-order chi connectivity index (χ0) is 18.5. The highest BCUT2D eigenvalue weighted by Crippen LogP contribution is 2.16. The van der Waals surface area contributed by atoms with Gasteiger partial charge in [-0.25, -0.2) is 4.98 Å².